The van der Waals surface area contributed by atoms with Crippen LogP contribution in [0, 0.1) is 6.92 Å². The lowest BCUT2D eigenvalue weighted by atomic mass is 10.1. The molecule has 0 saturated carbocycles. The average molecular weight is 344 g/mol. The largest absolute Gasteiger partial charge is 0.497 e. The van der Waals surface area contributed by atoms with Crippen LogP contribution >= 0.6 is 0 Å². The summed E-state index contributed by atoms with van der Waals surface area (Å²) in [5, 5.41) is 12.4. The van der Waals surface area contributed by atoms with E-state index in [1.807, 2.05) is 0 Å². The molecule has 1 unspecified atom stereocenters. The van der Waals surface area contributed by atoms with Gasteiger partial charge in [-0.1, -0.05) is 6.08 Å². The van der Waals surface area contributed by atoms with E-state index in [2.05, 4.69) is 16.9 Å². The third-order valence-electron chi connectivity index (χ3n) is 3.58. The van der Waals surface area contributed by atoms with Gasteiger partial charge in [-0.3, -0.25) is 9.78 Å². The Morgan fingerprint density at radius 3 is 2.80 bits per heavy atom. The maximum Gasteiger partial charge on any atom is 0.328 e. The van der Waals surface area contributed by atoms with Crippen molar-refractivity contribution in [3.8, 4) is 5.75 Å². The predicted octanol–water partition coefficient (Wildman–Crippen LogP) is 1.94. The number of aliphatic carboxylic acids is 1. The molecule has 7 nitrogen and oxygen atoms in total. The summed E-state index contributed by atoms with van der Waals surface area (Å²) in [6.07, 6.45) is 1.51. The minimum Gasteiger partial charge on any atom is -0.497 e. The van der Waals surface area contributed by atoms with Gasteiger partial charge in [-0.25, -0.2) is 4.79 Å². The van der Waals surface area contributed by atoms with Gasteiger partial charge >= 0.3 is 5.97 Å². The van der Waals surface area contributed by atoms with Crippen LogP contribution in [-0.2, 0) is 9.53 Å². The van der Waals surface area contributed by atoms with Gasteiger partial charge in [0, 0.05) is 11.5 Å². The number of hydrogen-bond donors (Lipinski definition) is 2. The summed E-state index contributed by atoms with van der Waals surface area (Å²) in [5.74, 6) is -1.02. The number of fused-ring (bicyclic) bond motifs is 1. The van der Waals surface area contributed by atoms with Crippen LogP contribution in [0.5, 0.6) is 5.75 Å². The molecule has 1 aromatic carbocycles. The van der Waals surface area contributed by atoms with Crippen LogP contribution in [0.2, 0.25) is 0 Å². The molecular weight excluding hydrogens is 324 g/mol. The number of nitrogens with zero attached hydrogens (tertiary/aromatic N) is 1. The van der Waals surface area contributed by atoms with Crippen molar-refractivity contribution in [1.29, 1.82) is 0 Å². The molecule has 0 radical (unpaired) electrons. The van der Waals surface area contributed by atoms with E-state index in [-0.39, 0.29) is 13.2 Å². The monoisotopic (exact) mass is 344 g/mol. The lowest BCUT2D eigenvalue weighted by Crippen LogP contribution is -2.44. The van der Waals surface area contributed by atoms with E-state index >= 15 is 0 Å². The molecule has 2 aromatic rings. The number of carbonyl (C=O) groups excluding carboxylic acids is 1. The number of carboxylic acid groups (broad SMARTS) is 1. The third kappa shape index (κ3) is 4.54. The summed E-state index contributed by atoms with van der Waals surface area (Å²) < 4.78 is 10.3. The zero-order valence-electron chi connectivity index (χ0n) is 14.1. The summed E-state index contributed by atoms with van der Waals surface area (Å²) >= 11 is 0. The number of amides is 1. The van der Waals surface area contributed by atoms with Crippen molar-refractivity contribution in [3.63, 3.8) is 0 Å². The molecule has 1 aromatic heterocycles. The van der Waals surface area contributed by atoms with Gasteiger partial charge in [0.1, 0.15) is 5.75 Å². The van der Waals surface area contributed by atoms with Crippen LogP contribution < -0.4 is 10.1 Å². The Morgan fingerprint density at radius 1 is 1.40 bits per heavy atom. The van der Waals surface area contributed by atoms with E-state index in [9.17, 15) is 14.7 Å². The summed E-state index contributed by atoms with van der Waals surface area (Å²) in [5.41, 5.74) is 1.50. The fourth-order valence-corrected chi connectivity index (χ4v) is 2.28. The van der Waals surface area contributed by atoms with Gasteiger partial charge in [-0.2, -0.15) is 0 Å². The first-order valence-corrected chi connectivity index (χ1v) is 7.64. The molecule has 1 atom stereocenters. The number of methoxy groups -OCH3 is 1. The van der Waals surface area contributed by atoms with Gasteiger partial charge in [0.2, 0.25) is 0 Å². The summed E-state index contributed by atoms with van der Waals surface area (Å²) in [6.45, 7) is 5.24. The highest BCUT2D eigenvalue weighted by atomic mass is 16.5. The summed E-state index contributed by atoms with van der Waals surface area (Å²) in [4.78, 5) is 28.1. The van der Waals surface area contributed by atoms with Crippen LogP contribution in [0.1, 0.15) is 16.1 Å². The van der Waals surface area contributed by atoms with E-state index < -0.39 is 17.9 Å². The van der Waals surface area contributed by atoms with Crippen LogP contribution in [0.15, 0.2) is 36.9 Å². The maximum absolute atomic E-state index is 12.5. The normalized spacial score (nSPS) is 11.8. The summed E-state index contributed by atoms with van der Waals surface area (Å²) in [6, 6.07) is 5.85. The third-order valence-corrected chi connectivity index (χ3v) is 3.58. The summed E-state index contributed by atoms with van der Waals surface area (Å²) in [7, 11) is 1.57. The highest BCUT2D eigenvalue weighted by molar-refractivity contribution is 6.00. The van der Waals surface area contributed by atoms with E-state index in [4.69, 9.17) is 9.47 Å². The smallest absolute Gasteiger partial charge is 0.328 e. The van der Waals surface area contributed by atoms with Crippen molar-refractivity contribution < 1.29 is 24.2 Å². The number of hydrogen-bond acceptors (Lipinski definition) is 5. The molecule has 0 aliphatic heterocycles. The van der Waals surface area contributed by atoms with Crippen molar-refractivity contribution in [3.05, 3.63) is 48.2 Å². The van der Waals surface area contributed by atoms with Crippen molar-refractivity contribution in [2.45, 2.75) is 13.0 Å². The van der Waals surface area contributed by atoms with Crippen LogP contribution in [0.4, 0.5) is 0 Å². The van der Waals surface area contributed by atoms with Crippen LogP contribution in [0.25, 0.3) is 10.9 Å². The molecule has 1 amide bonds. The second-order valence-corrected chi connectivity index (χ2v) is 5.37. The molecular formula is C18H20N2O5. The van der Waals surface area contributed by atoms with Gasteiger partial charge in [0.15, 0.2) is 6.04 Å². The molecule has 7 heteroatoms. The number of pyridine rings is 1. The van der Waals surface area contributed by atoms with Crippen molar-refractivity contribution in [2.75, 3.05) is 20.3 Å². The average Bonchev–Trinajstić information content (AvgIpc) is 2.59. The quantitative estimate of drug-likeness (QED) is 0.561. The highest BCUT2D eigenvalue weighted by Crippen LogP contribution is 2.21. The second-order valence-electron chi connectivity index (χ2n) is 5.37. The van der Waals surface area contributed by atoms with Gasteiger partial charge in [0.05, 0.1) is 37.1 Å². The molecule has 25 heavy (non-hydrogen) atoms. The standard InChI is InChI=1S/C18H20N2O5/c1-4-7-25-10-16(18(22)23)20-17(21)14-8-12-5-6-13(24-3)9-15(12)19-11(14)2/h4-6,8-9,16H,1,7,10H2,2-3H3,(H,20,21)(H,22,23). The zero-order valence-corrected chi connectivity index (χ0v) is 14.1. The number of aromatic nitrogens is 1. The zero-order chi connectivity index (χ0) is 18.4. The Kier molecular flexibility index (Phi) is 6.08. The molecule has 0 bridgehead atoms. The number of carbonyl (C=O) groups is 2. The van der Waals surface area contributed by atoms with Crippen molar-refractivity contribution >= 4 is 22.8 Å². The topological polar surface area (TPSA) is 97.8 Å². The van der Waals surface area contributed by atoms with Crippen LogP contribution in [0.3, 0.4) is 0 Å². The first kappa shape index (κ1) is 18.4. The van der Waals surface area contributed by atoms with E-state index in [1.165, 1.54) is 6.08 Å². The molecule has 0 saturated heterocycles. The Bertz CT molecular complexity index is 803. The number of benzene rings is 1. The number of ether oxygens (including phenoxy) is 2. The number of nitrogens with one attached hydrogen (secondary N) is 1. The van der Waals surface area contributed by atoms with E-state index in [0.29, 0.717) is 22.5 Å². The Hall–Kier alpha value is -2.93. The molecule has 1 heterocycles. The van der Waals surface area contributed by atoms with Crippen molar-refractivity contribution in [2.24, 2.45) is 0 Å². The number of carboxylic acids is 1. The van der Waals surface area contributed by atoms with E-state index in [1.54, 1.807) is 38.3 Å². The predicted molar refractivity (Wildman–Crippen MR) is 92.9 cm³/mol. The van der Waals surface area contributed by atoms with Crippen LogP contribution in [-0.4, -0.2) is 48.3 Å². The lowest BCUT2D eigenvalue weighted by Gasteiger charge is -2.15. The minimum absolute atomic E-state index is 0.148. The molecule has 2 rings (SSSR count). The number of rotatable bonds is 8. The van der Waals surface area contributed by atoms with Gasteiger partial charge in [0.25, 0.3) is 5.91 Å². The highest BCUT2D eigenvalue weighted by Gasteiger charge is 2.22. The molecule has 0 fully saturated rings. The fraction of sp³-hybridized carbons (Fsp3) is 0.278. The molecule has 0 aliphatic rings. The Balaban J connectivity index is 2.23. The van der Waals surface area contributed by atoms with E-state index in [0.717, 1.165) is 5.39 Å². The second kappa shape index (κ2) is 8.25. The first-order valence-electron chi connectivity index (χ1n) is 7.64. The molecule has 2 N–H and O–H groups in total. The van der Waals surface area contributed by atoms with Gasteiger partial charge in [-0.15, -0.1) is 6.58 Å². The lowest BCUT2D eigenvalue weighted by molar-refractivity contribution is -0.140. The maximum atomic E-state index is 12.5. The molecule has 132 valence electrons. The number of aryl methyl sites for hydroxylation is 1. The van der Waals surface area contributed by atoms with Gasteiger partial charge < -0.3 is 19.9 Å². The molecule has 0 aliphatic carbocycles. The Labute approximate surface area is 145 Å². The molecule has 0 spiro atoms. The Morgan fingerprint density at radius 2 is 2.16 bits per heavy atom. The first-order chi connectivity index (χ1) is 12.0. The van der Waals surface area contributed by atoms with Gasteiger partial charge in [-0.05, 0) is 25.1 Å². The fourth-order valence-electron chi connectivity index (χ4n) is 2.28. The SMILES string of the molecule is C=CCOCC(NC(=O)c1cc2ccc(OC)cc2nc1C)C(=O)O. The van der Waals surface area contributed by atoms with Crippen molar-refractivity contribution in [1.82, 2.24) is 10.3 Å². The minimum atomic E-state index is -1.17.